The van der Waals surface area contributed by atoms with E-state index in [9.17, 15) is 28.9 Å². The first kappa shape index (κ1) is 64.9. The molecule has 0 aromatic carbocycles. The first-order chi connectivity index (χ1) is 33.2. The summed E-state index contributed by atoms with van der Waals surface area (Å²) in [5.41, 5.74) is 0. The van der Waals surface area contributed by atoms with E-state index in [0.717, 1.165) is 103 Å². The molecule has 0 spiro atoms. The molecule has 0 aliphatic rings. The Hall–Kier alpha value is -3.08. The van der Waals surface area contributed by atoms with E-state index < -0.39 is 57.8 Å². The molecule has 0 aromatic heterocycles. The van der Waals surface area contributed by atoms with Crippen molar-refractivity contribution in [3.63, 3.8) is 0 Å². The molecule has 12 heteroatoms. The minimum absolute atomic E-state index is 0.102. The average molecular weight is 977 g/mol. The molecule has 0 amide bonds. The van der Waals surface area contributed by atoms with Crippen molar-refractivity contribution in [2.24, 2.45) is 0 Å². The largest absolute Gasteiger partial charge is 0.472 e. The summed E-state index contributed by atoms with van der Waals surface area (Å²) in [7, 11) is -4.76. The molecule has 68 heavy (non-hydrogen) atoms. The highest BCUT2D eigenvalue weighted by Gasteiger charge is 2.28. The van der Waals surface area contributed by atoms with Gasteiger partial charge in [0.25, 0.3) is 0 Å². The Balaban J connectivity index is 4.83. The third-order valence-corrected chi connectivity index (χ3v) is 12.0. The van der Waals surface area contributed by atoms with Crippen molar-refractivity contribution in [2.45, 2.75) is 238 Å². The molecule has 0 heterocycles. The zero-order chi connectivity index (χ0) is 49.9. The summed E-state index contributed by atoms with van der Waals surface area (Å²) >= 11 is 0. The fourth-order valence-electron chi connectivity index (χ4n) is 7.01. The van der Waals surface area contributed by atoms with Gasteiger partial charge in [-0.15, -0.1) is 0 Å². The summed E-state index contributed by atoms with van der Waals surface area (Å²) in [5.74, 6) is -1.58. The normalized spacial score (nSPS) is 14.0. The number of phosphoric ester groups is 1. The number of rotatable bonds is 49. The fourth-order valence-corrected chi connectivity index (χ4v) is 7.79. The number of allylic oxidation sites excluding steroid dienone is 12. The summed E-state index contributed by atoms with van der Waals surface area (Å²) in [4.78, 5) is 48.3. The van der Waals surface area contributed by atoms with Crippen molar-refractivity contribution >= 4 is 25.7 Å². The molecule has 0 fully saturated rings. The van der Waals surface area contributed by atoms with E-state index in [1.54, 1.807) is 0 Å². The highest BCUT2D eigenvalue weighted by molar-refractivity contribution is 7.47. The van der Waals surface area contributed by atoms with Crippen molar-refractivity contribution in [3.8, 4) is 0 Å². The van der Waals surface area contributed by atoms with Crippen LogP contribution in [0.3, 0.4) is 0 Å². The lowest BCUT2D eigenvalue weighted by Gasteiger charge is -2.21. The standard InChI is InChI=1S/C56H97O11P/c1-4-7-10-13-16-19-22-25-26-29-32-35-38-41-44-47-56(60)67-53(49-63-54(58)45-42-39-36-33-30-27-23-20-17-14-11-8-5-2)51-65-68(61,62)64-50-52(48-57)66-55(59)46-43-40-37-34-31-28-24-21-18-15-12-9-6-3/h8,11,17,20-21,24-27,30,36,39,52-53,57H,4-7,9-10,12-16,18-19,22-23,28-29,31-35,37-38,40-51H2,1-3H3,(H,61,62)/b11-8-,20-17-,24-21-,26-25-,30-27-,39-36-. The highest BCUT2D eigenvalue weighted by atomic mass is 31.2. The van der Waals surface area contributed by atoms with E-state index in [1.165, 1.54) is 64.2 Å². The van der Waals surface area contributed by atoms with Gasteiger partial charge in [-0.2, -0.15) is 0 Å². The van der Waals surface area contributed by atoms with Crippen molar-refractivity contribution in [1.82, 2.24) is 0 Å². The van der Waals surface area contributed by atoms with Crippen molar-refractivity contribution < 1.29 is 52.2 Å². The van der Waals surface area contributed by atoms with Crippen LogP contribution >= 0.6 is 7.82 Å². The number of phosphoric acid groups is 1. The lowest BCUT2D eigenvalue weighted by atomic mass is 10.1. The lowest BCUT2D eigenvalue weighted by molar-refractivity contribution is -0.161. The maximum Gasteiger partial charge on any atom is 0.472 e. The summed E-state index contributed by atoms with van der Waals surface area (Å²) in [6.07, 6.45) is 54.6. The van der Waals surface area contributed by atoms with Gasteiger partial charge in [0.2, 0.25) is 0 Å². The SMILES string of the molecule is CC/C=C\C/C=C\C/C=C\C/C=C\CCC(=O)OCC(COP(=O)(O)OCC(CO)OC(=O)CCCCCCC/C=C\CCCCCC)OC(=O)CCCCCCC/C=C\CCCCCCCC. The predicted molar refractivity (Wildman–Crippen MR) is 279 cm³/mol. The van der Waals surface area contributed by atoms with Crippen LogP contribution in [-0.4, -0.2) is 66.5 Å². The van der Waals surface area contributed by atoms with Crippen LogP contribution in [0, 0.1) is 0 Å². The number of ether oxygens (including phenoxy) is 3. The third kappa shape index (κ3) is 48.0. The minimum atomic E-state index is -4.76. The number of unbranched alkanes of at least 4 members (excludes halogenated alkanes) is 20. The van der Waals surface area contributed by atoms with Crippen molar-refractivity contribution in [1.29, 1.82) is 0 Å². The molecule has 0 saturated carbocycles. The van der Waals surface area contributed by atoms with E-state index in [-0.39, 0.29) is 25.9 Å². The molecular formula is C56H97O11P. The first-order valence-electron chi connectivity index (χ1n) is 26.8. The maximum atomic E-state index is 12.8. The van der Waals surface area contributed by atoms with Gasteiger partial charge >= 0.3 is 25.7 Å². The van der Waals surface area contributed by atoms with Crippen LogP contribution in [0.5, 0.6) is 0 Å². The molecule has 0 bridgehead atoms. The first-order valence-corrected chi connectivity index (χ1v) is 28.3. The smallest absolute Gasteiger partial charge is 0.462 e. The van der Waals surface area contributed by atoms with Gasteiger partial charge in [0.15, 0.2) is 6.10 Å². The van der Waals surface area contributed by atoms with Gasteiger partial charge in [0.05, 0.1) is 19.8 Å². The van der Waals surface area contributed by atoms with Crippen LogP contribution in [0.15, 0.2) is 72.9 Å². The van der Waals surface area contributed by atoms with Crippen LogP contribution < -0.4 is 0 Å². The van der Waals surface area contributed by atoms with Crippen LogP contribution in [0.1, 0.15) is 226 Å². The van der Waals surface area contributed by atoms with Gasteiger partial charge in [0.1, 0.15) is 12.7 Å². The Morgan fingerprint density at radius 1 is 0.426 bits per heavy atom. The Morgan fingerprint density at radius 3 is 1.25 bits per heavy atom. The molecule has 392 valence electrons. The molecule has 0 saturated heterocycles. The number of esters is 3. The lowest BCUT2D eigenvalue weighted by Crippen LogP contribution is -2.30. The van der Waals surface area contributed by atoms with Crippen molar-refractivity contribution in [3.05, 3.63) is 72.9 Å². The number of aliphatic hydroxyl groups excluding tert-OH is 1. The molecule has 0 aromatic rings. The molecule has 0 aliphatic carbocycles. The van der Waals surface area contributed by atoms with Gasteiger partial charge < -0.3 is 24.2 Å². The number of hydrogen-bond donors (Lipinski definition) is 2. The summed E-state index contributed by atoms with van der Waals surface area (Å²) in [6, 6.07) is 0. The third-order valence-electron chi connectivity index (χ3n) is 11.1. The van der Waals surface area contributed by atoms with E-state index >= 15 is 0 Å². The predicted octanol–water partition coefficient (Wildman–Crippen LogP) is 15.4. The second-order valence-electron chi connectivity index (χ2n) is 17.7. The summed E-state index contributed by atoms with van der Waals surface area (Å²) < 4.78 is 39.3. The van der Waals surface area contributed by atoms with Gasteiger partial charge in [-0.05, 0) is 96.3 Å². The van der Waals surface area contributed by atoms with Crippen LogP contribution in [0.2, 0.25) is 0 Å². The zero-order valence-corrected chi connectivity index (χ0v) is 43.9. The van der Waals surface area contributed by atoms with E-state index in [4.69, 9.17) is 23.3 Å². The Bertz CT molecular complexity index is 1420. The van der Waals surface area contributed by atoms with E-state index in [0.29, 0.717) is 19.3 Å². The zero-order valence-electron chi connectivity index (χ0n) is 43.1. The summed E-state index contributed by atoms with van der Waals surface area (Å²) in [6.45, 7) is 4.40. The molecule has 2 N–H and O–H groups in total. The number of aliphatic hydroxyl groups is 1. The Labute approximate surface area is 414 Å². The van der Waals surface area contributed by atoms with Crippen LogP contribution in [0.4, 0.5) is 0 Å². The molecular weight excluding hydrogens is 880 g/mol. The molecule has 0 aliphatic heterocycles. The van der Waals surface area contributed by atoms with Gasteiger partial charge in [0, 0.05) is 19.3 Å². The fraction of sp³-hybridized carbons (Fsp3) is 0.732. The second-order valence-corrected chi connectivity index (χ2v) is 19.1. The number of hydrogen-bond acceptors (Lipinski definition) is 10. The van der Waals surface area contributed by atoms with E-state index in [2.05, 4.69) is 81.5 Å². The topological polar surface area (TPSA) is 155 Å². The molecule has 0 rings (SSSR count). The molecule has 3 atom stereocenters. The van der Waals surface area contributed by atoms with Crippen LogP contribution in [0.25, 0.3) is 0 Å². The Kier molecular flexibility index (Phi) is 48.0. The Morgan fingerprint density at radius 2 is 0.794 bits per heavy atom. The van der Waals surface area contributed by atoms with Gasteiger partial charge in [-0.25, -0.2) is 4.57 Å². The van der Waals surface area contributed by atoms with Crippen molar-refractivity contribution in [2.75, 3.05) is 26.4 Å². The average Bonchev–Trinajstić information content (AvgIpc) is 3.32. The quantitative estimate of drug-likeness (QED) is 0.0197. The van der Waals surface area contributed by atoms with E-state index in [1.807, 2.05) is 12.2 Å². The van der Waals surface area contributed by atoms with Gasteiger partial charge in [-0.3, -0.25) is 23.4 Å². The minimum Gasteiger partial charge on any atom is -0.462 e. The monoisotopic (exact) mass is 977 g/mol. The number of carbonyl (C=O) groups excluding carboxylic acids is 3. The number of carbonyl (C=O) groups is 3. The van der Waals surface area contributed by atoms with Gasteiger partial charge in [-0.1, -0.05) is 184 Å². The molecule has 0 radical (unpaired) electrons. The molecule has 3 unspecified atom stereocenters. The molecule has 11 nitrogen and oxygen atoms in total. The highest BCUT2D eigenvalue weighted by Crippen LogP contribution is 2.43. The second kappa shape index (κ2) is 50.3. The maximum absolute atomic E-state index is 12.8. The van der Waals surface area contributed by atoms with Crippen LogP contribution in [-0.2, 0) is 42.2 Å². The summed E-state index contributed by atoms with van der Waals surface area (Å²) in [5, 5.41) is 9.78.